The predicted molar refractivity (Wildman–Crippen MR) is 47.1 cm³/mol. The lowest BCUT2D eigenvalue weighted by Crippen LogP contribution is -2.06. The van der Waals surface area contributed by atoms with Gasteiger partial charge in [-0.3, -0.25) is 4.72 Å². The van der Waals surface area contributed by atoms with Gasteiger partial charge in [0.15, 0.2) is 0 Å². The number of fused-ring (bicyclic) bond motifs is 1. The van der Waals surface area contributed by atoms with E-state index >= 15 is 0 Å². The Morgan fingerprint density at radius 2 is 2.17 bits per heavy atom. The van der Waals surface area contributed by atoms with Crippen LogP contribution in [-0.2, 0) is 15.8 Å². The Balaban J connectivity index is 2.63. The molecule has 0 amide bonds. The van der Waals surface area contributed by atoms with Crippen molar-refractivity contribution in [3.8, 4) is 0 Å². The molecule has 0 aliphatic carbocycles. The zero-order valence-electron chi connectivity index (χ0n) is 6.24. The summed E-state index contributed by atoms with van der Waals surface area (Å²) in [6.07, 6.45) is 0. The largest absolute Gasteiger partial charge is 0.397 e. The standard InChI is InChI=1S/C7H8N2O2S/c8-6-3-1-2-5-4-12(10,11)9-7(5)6/h1-3,9H,4,8H2. The first-order chi connectivity index (χ1) is 5.58. The lowest BCUT2D eigenvalue weighted by molar-refractivity contribution is 0.602. The van der Waals surface area contributed by atoms with Crippen LogP contribution in [0.3, 0.4) is 0 Å². The summed E-state index contributed by atoms with van der Waals surface area (Å²) < 4.78 is 24.5. The summed E-state index contributed by atoms with van der Waals surface area (Å²) in [5.74, 6) is 0.0351. The number of anilines is 2. The van der Waals surface area contributed by atoms with E-state index in [4.69, 9.17) is 5.73 Å². The van der Waals surface area contributed by atoms with Crippen LogP contribution in [0.4, 0.5) is 11.4 Å². The van der Waals surface area contributed by atoms with Gasteiger partial charge in [-0.25, -0.2) is 8.42 Å². The maximum Gasteiger partial charge on any atom is 0.237 e. The second kappa shape index (κ2) is 2.13. The molecule has 1 heterocycles. The van der Waals surface area contributed by atoms with Gasteiger partial charge in [-0.15, -0.1) is 0 Å². The van der Waals surface area contributed by atoms with E-state index in [-0.39, 0.29) is 5.75 Å². The molecular formula is C7H8N2O2S. The van der Waals surface area contributed by atoms with Gasteiger partial charge < -0.3 is 5.73 Å². The summed E-state index contributed by atoms with van der Waals surface area (Å²) in [6, 6.07) is 5.17. The average Bonchev–Trinajstić information content (AvgIpc) is 2.25. The predicted octanol–water partition coefficient (Wildman–Crippen LogP) is 0.524. The molecule has 5 heteroatoms. The Morgan fingerprint density at radius 1 is 1.42 bits per heavy atom. The molecule has 0 bridgehead atoms. The number of sulfonamides is 1. The van der Waals surface area contributed by atoms with E-state index in [1.165, 1.54) is 0 Å². The summed E-state index contributed by atoms with van der Waals surface area (Å²) in [6.45, 7) is 0. The van der Waals surface area contributed by atoms with Gasteiger partial charge in [0.05, 0.1) is 17.1 Å². The molecule has 3 N–H and O–H groups in total. The molecule has 2 rings (SSSR count). The monoisotopic (exact) mass is 184 g/mol. The van der Waals surface area contributed by atoms with Crippen LogP contribution in [0.15, 0.2) is 18.2 Å². The highest BCUT2D eigenvalue weighted by Gasteiger charge is 2.24. The van der Waals surface area contributed by atoms with Crippen molar-refractivity contribution in [2.75, 3.05) is 10.5 Å². The number of hydrogen-bond donors (Lipinski definition) is 2. The van der Waals surface area contributed by atoms with E-state index < -0.39 is 10.0 Å². The van der Waals surface area contributed by atoms with Gasteiger partial charge in [-0.1, -0.05) is 12.1 Å². The zero-order chi connectivity index (χ0) is 8.77. The Morgan fingerprint density at radius 3 is 2.83 bits per heavy atom. The highest BCUT2D eigenvalue weighted by Crippen LogP contribution is 2.31. The number of benzene rings is 1. The smallest absolute Gasteiger partial charge is 0.237 e. The van der Waals surface area contributed by atoms with Crippen molar-refractivity contribution in [2.24, 2.45) is 0 Å². The van der Waals surface area contributed by atoms with E-state index in [2.05, 4.69) is 4.72 Å². The van der Waals surface area contributed by atoms with Crippen molar-refractivity contribution in [3.63, 3.8) is 0 Å². The Labute approximate surface area is 70.4 Å². The fourth-order valence-electron chi connectivity index (χ4n) is 1.26. The number of para-hydroxylation sites is 1. The van der Waals surface area contributed by atoms with Gasteiger partial charge in [0.2, 0.25) is 10.0 Å². The summed E-state index contributed by atoms with van der Waals surface area (Å²) >= 11 is 0. The molecule has 64 valence electrons. The summed E-state index contributed by atoms with van der Waals surface area (Å²) in [5, 5.41) is 0. The van der Waals surface area contributed by atoms with Crippen molar-refractivity contribution in [1.29, 1.82) is 0 Å². The molecule has 0 aromatic heterocycles. The van der Waals surface area contributed by atoms with Gasteiger partial charge in [-0.05, 0) is 11.6 Å². The second-order valence-corrected chi connectivity index (χ2v) is 4.46. The van der Waals surface area contributed by atoms with Gasteiger partial charge in [0, 0.05) is 0 Å². The van der Waals surface area contributed by atoms with Gasteiger partial charge in [-0.2, -0.15) is 0 Å². The molecule has 4 nitrogen and oxygen atoms in total. The molecule has 12 heavy (non-hydrogen) atoms. The highest BCUT2D eigenvalue weighted by molar-refractivity contribution is 7.92. The first-order valence-corrected chi connectivity index (χ1v) is 5.11. The van der Waals surface area contributed by atoms with Crippen molar-refractivity contribution in [1.82, 2.24) is 0 Å². The lowest BCUT2D eigenvalue weighted by Gasteiger charge is -2.00. The lowest BCUT2D eigenvalue weighted by atomic mass is 10.2. The fourth-order valence-corrected chi connectivity index (χ4v) is 2.54. The third-order valence-corrected chi connectivity index (χ3v) is 2.99. The fraction of sp³-hybridized carbons (Fsp3) is 0.143. The quantitative estimate of drug-likeness (QED) is 0.577. The van der Waals surface area contributed by atoms with E-state index in [1.54, 1.807) is 18.2 Å². The molecule has 0 fully saturated rings. The Bertz CT molecular complexity index is 425. The van der Waals surface area contributed by atoms with Gasteiger partial charge >= 0.3 is 0 Å². The average molecular weight is 184 g/mol. The third kappa shape index (κ3) is 1.02. The van der Waals surface area contributed by atoms with Crippen molar-refractivity contribution in [3.05, 3.63) is 23.8 Å². The van der Waals surface area contributed by atoms with E-state index in [0.717, 1.165) is 5.56 Å². The molecule has 0 radical (unpaired) electrons. The van der Waals surface area contributed by atoms with E-state index in [9.17, 15) is 8.42 Å². The SMILES string of the molecule is Nc1cccc2c1NS(=O)(=O)C2. The third-order valence-electron chi connectivity index (χ3n) is 1.79. The van der Waals surface area contributed by atoms with Crippen LogP contribution in [0.1, 0.15) is 5.56 Å². The maximum absolute atomic E-state index is 11.1. The Kier molecular flexibility index (Phi) is 1.32. The molecule has 0 saturated heterocycles. The van der Waals surface area contributed by atoms with Crippen LogP contribution >= 0.6 is 0 Å². The van der Waals surface area contributed by atoms with E-state index in [0.29, 0.717) is 11.4 Å². The van der Waals surface area contributed by atoms with Crippen LogP contribution in [0, 0.1) is 0 Å². The first kappa shape index (κ1) is 7.42. The minimum absolute atomic E-state index is 0.0351. The molecule has 1 aromatic rings. The van der Waals surface area contributed by atoms with Crippen LogP contribution in [0.25, 0.3) is 0 Å². The van der Waals surface area contributed by atoms with Crippen molar-refractivity contribution in [2.45, 2.75) is 5.75 Å². The van der Waals surface area contributed by atoms with Gasteiger partial charge in [0.1, 0.15) is 0 Å². The van der Waals surface area contributed by atoms with Gasteiger partial charge in [0.25, 0.3) is 0 Å². The van der Waals surface area contributed by atoms with Crippen molar-refractivity contribution < 1.29 is 8.42 Å². The molecule has 1 aliphatic heterocycles. The molecule has 0 spiro atoms. The summed E-state index contributed by atoms with van der Waals surface area (Å²) in [4.78, 5) is 0. The number of nitrogen functional groups attached to an aromatic ring is 1. The maximum atomic E-state index is 11.1. The molecule has 0 saturated carbocycles. The summed E-state index contributed by atoms with van der Waals surface area (Å²) in [5.41, 5.74) is 7.33. The second-order valence-electron chi connectivity index (χ2n) is 2.74. The van der Waals surface area contributed by atoms with Crippen LogP contribution in [-0.4, -0.2) is 8.42 Å². The molecule has 0 unspecified atom stereocenters. The first-order valence-electron chi connectivity index (χ1n) is 3.46. The van der Waals surface area contributed by atoms with E-state index in [1.807, 2.05) is 0 Å². The molecule has 1 aromatic carbocycles. The molecule has 1 aliphatic rings. The van der Waals surface area contributed by atoms with Crippen LogP contribution in [0.2, 0.25) is 0 Å². The normalized spacial score (nSPS) is 18.3. The number of hydrogen-bond acceptors (Lipinski definition) is 3. The number of rotatable bonds is 0. The van der Waals surface area contributed by atoms with Crippen LogP contribution in [0.5, 0.6) is 0 Å². The van der Waals surface area contributed by atoms with Crippen LogP contribution < -0.4 is 10.5 Å². The topological polar surface area (TPSA) is 72.2 Å². The van der Waals surface area contributed by atoms with Crippen molar-refractivity contribution >= 4 is 21.4 Å². The minimum Gasteiger partial charge on any atom is -0.397 e. The molecule has 0 atom stereocenters. The zero-order valence-corrected chi connectivity index (χ0v) is 7.06. The Hall–Kier alpha value is -1.23. The summed E-state index contributed by atoms with van der Waals surface area (Å²) in [7, 11) is -3.16. The highest BCUT2D eigenvalue weighted by atomic mass is 32.2. The number of nitrogens with two attached hydrogens (primary N) is 1. The molecular weight excluding hydrogens is 176 g/mol. The minimum atomic E-state index is -3.16. The number of nitrogens with one attached hydrogen (secondary N) is 1.